The van der Waals surface area contributed by atoms with Crippen molar-refractivity contribution in [1.29, 1.82) is 0 Å². The van der Waals surface area contributed by atoms with E-state index in [2.05, 4.69) is 20.4 Å². The fourth-order valence-electron chi connectivity index (χ4n) is 2.52. The zero-order valence-electron chi connectivity index (χ0n) is 11.8. The molecule has 110 valence electrons. The van der Waals surface area contributed by atoms with Crippen LogP contribution in [0.2, 0.25) is 0 Å². The third-order valence-corrected chi connectivity index (χ3v) is 3.51. The van der Waals surface area contributed by atoms with Gasteiger partial charge >= 0.3 is 0 Å². The normalized spacial score (nSPS) is 18.0. The van der Waals surface area contributed by atoms with E-state index in [1.807, 2.05) is 12.1 Å². The Kier molecular flexibility index (Phi) is 3.81. The van der Waals surface area contributed by atoms with Gasteiger partial charge in [-0.2, -0.15) is 4.98 Å². The number of carbonyl (C=O) groups is 1. The van der Waals surface area contributed by atoms with E-state index in [0.717, 1.165) is 25.1 Å². The van der Waals surface area contributed by atoms with Gasteiger partial charge in [-0.25, -0.2) is 0 Å². The second-order valence-corrected chi connectivity index (χ2v) is 5.02. The lowest BCUT2D eigenvalue weighted by atomic mass is 10.2. The topological polar surface area (TPSA) is 84.2 Å². The van der Waals surface area contributed by atoms with E-state index in [0.29, 0.717) is 11.7 Å². The highest BCUT2D eigenvalue weighted by atomic mass is 16.5. The van der Waals surface area contributed by atoms with E-state index < -0.39 is 0 Å². The zero-order chi connectivity index (χ0) is 14.7. The number of nitrogens with zero attached hydrogens (tertiary/aromatic N) is 4. The van der Waals surface area contributed by atoms with Gasteiger partial charge in [0.25, 0.3) is 0 Å². The number of aromatic nitrogens is 3. The second-order valence-electron chi connectivity index (χ2n) is 5.02. The lowest BCUT2D eigenvalue weighted by Crippen LogP contribution is -2.35. The molecule has 3 heterocycles. The molecule has 1 atom stereocenters. The molecule has 0 spiro atoms. The number of amides is 1. The van der Waals surface area contributed by atoms with Crippen molar-refractivity contribution in [3.8, 4) is 0 Å². The summed E-state index contributed by atoms with van der Waals surface area (Å²) in [6.07, 6.45) is 5.20. The molecule has 0 radical (unpaired) electrons. The quantitative estimate of drug-likeness (QED) is 0.918. The van der Waals surface area contributed by atoms with Crippen LogP contribution in [0.25, 0.3) is 0 Å². The van der Waals surface area contributed by atoms with Crippen LogP contribution in [0.15, 0.2) is 29.0 Å². The average Bonchev–Trinajstić information content (AvgIpc) is 3.14. The number of hydrogen-bond acceptors (Lipinski definition) is 6. The van der Waals surface area contributed by atoms with Gasteiger partial charge in [-0.1, -0.05) is 5.16 Å². The number of rotatable bonds is 4. The summed E-state index contributed by atoms with van der Waals surface area (Å²) in [5.74, 6) is 1.15. The summed E-state index contributed by atoms with van der Waals surface area (Å²) < 4.78 is 5.21. The highest BCUT2D eigenvalue weighted by Gasteiger charge is 2.33. The maximum absolute atomic E-state index is 12.4. The van der Waals surface area contributed by atoms with E-state index in [9.17, 15) is 4.79 Å². The third kappa shape index (κ3) is 3.01. The molecule has 1 amide bonds. The molecule has 1 N–H and O–H groups in total. The summed E-state index contributed by atoms with van der Waals surface area (Å²) in [7, 11) is 0. The Morgan fingerprint density at radius 1 is 1.57 bits per heavy atom. The van der Waals surface area contributed by atoms with Crippen molar-refractivity contribution in [2.45, 2.75) is 25.8 Å². The average molecular weight is 287 g/mol. The first-order valence-electron chi connectivity index (χ1n) is 6.97. The first kappa shape index (κ1) is 13.5. The summed E-state index contributed by atoms with van der Waals surface area (Å²) in [5.41, 5.74) is 0.829. The van der Waals surface area contributed by atoms with E-state index in [-0.39, 0.29) is 18.5 Å². The van der Waals surface area contributed by atoms with Crippen molar-refractivity contribution in [2.75, 3.05) is 18.4 Å². The van der Waals surface area contributed by atoms with Gasteiger partial charge in [0, 0.05) is 18.9 Å². The number of carbonyl (C=O) groups excluding carboxylic acids is 1. The Labute approximate surface area is 122 Å². The smallest absolute Gasteiger partial charge is 0.249 e. The molecular formula is C14H17N5O2. The summed E-state index contributed by atoms with van der Waals surface area (Å²) in [5, 5.41) is 6.88. The molecule has 0 aliphatic carbocycles. The van der Waals surface area contributed by atoms with Gasteiger partial charge in [0.1, 0.15) is 6.04 Å². The van der Waals surface area contributed by atoms with Gasteiger partial charge in [-0.05, 0) is 31.9 Å². The van der Waals surface area contributed by atoms with E-state index >= 15 is 0 Å². The summed E-state index contributed by atoms with van der Waals surface area (Å²) >= 11 is 0. The van der Waals surface area contributed by atoms with Gasteiger partial charge in [0.05, 0.1) is 12.2 Å². The monoisotopic (exact) mass is 287 g/mol. The van der Waals surface area contributed by atoms with Gasteiger partial charge < -0.3 is 14.7 Å². The molecule has 0 aromatic carbocycles. The zero-order valence-corrected chi connectivity index (χ0v) is 11.8. The number of nitrogens with one attached hydrogen (secondary N) is 1. The highest BCUT2D eigenvalue weighted by molar-refractivity contribution is 5.81. The maximum atomic E-state index is 12.4. The van der Waals surface area contributed by atoms with Crippen LogP contribution in [0.5, 0.6) is 0 Å². The minimum atomic E-state index is -0.102. The molecule has 3 rings (SSSR count). The van der Waals surface area contributed by atoms with Crippen molar-refractivity contribution in [3.05, 3.63) is 36.2 Å². The molecular weight excluding hydrogens is 270 g/mol. The molecule has 1 aliphatic heterocycles. The van der Waals surface area contributed by atoms with Gasteiger partial charge in [0.15, 0.2) is 5.82 Å². The standard InChI is InChI=1S/C14H17N5O2/c1-10-17-14(21-18-10)12-5-3-7-19(12)13(20)9-16-11-4-2-6-15-8-11/h2,4,6,8,12,16H,3,5,7,9H2,1H3. The van der Waals surface area contributed by atoms with E-state index in [1.165, 1.54) is 0 Å². The van der Waals surface area contributed by atoms with E-state index in [1.54, 1.807) is 24.2 Å². The maximum Gasteiger partial charge on any atom is 0.249 e. The number of hydrogen-bond donors (Lipinski definition) is 1. The van der Waals surface area contributed by atoms with Crippen LogP contribution in [0.4, 0.5) is 5.69 Å². The predicted molar refractivity (Wildman–Crippen MR) is 75.4 cm³/mol. The van der Waals surface area contributed by atoms with Crippen LogP contribution in [0.1, 0.15) is 30.6 Å². The minimum Gasteiger partial charge on any atom is -0.375 e. The van der Waals surface area contributed by atoms with Crippen LogP contribution in [-0.2, 0) is 4.79 Å². The number of anilines is 1. The van der Waals surface area contributed by atoms with Gasteiger partial charge in [0.2, 0.25) is 11.8 Å². The van der Waals surface area contributed by atoms with Crippen molar-refractivity contribution in [2.24, 2.45) is 0 Å². The van der Waals surface area contributed by atoms with Crippen molar-refractivity contribution >= 4 is 11.6 Å². The lowest BCUT2D eigenvalue weighted by molar-refractivity contribution is -0.130. The molecule has 0 saturated carbocycles. The van der Waals surface area contributed by atoms with Crippen LogP contribution in [0, 0.1) is 6.92 Å². The Morgan fingerprint density at radius 3 is 3.19 bits per heavy atom. The first-order valence-corrected chi connectivity index (χ1v) is 6.97. The van der Waals surface area contributed by atoms with Crippen LogP contribution < -0.4 is 5.32 Å². The van der Waals surface area contributed by atoms with Crippen LogP contribution in [-0.4, -0.2) is 39.0 Å². The molecule has 21 heavy (non-hydrogen) atoms. The second kappa shape index (κ2) is 5.90. The fraction of sp³-hybridized carbons (Fsp3) is 0.429. The SMILES string of the molecule is Cc1noc(C2CCCN2C(=O)CNc2cccnc2)n1. The number of pyridine rings is 1. The molecule has 1 aliphatic rings. The minimum absolute atomic E-state index is 0.0252. The van der Waals surface area contributed by atoms with Gasteiger partial charge in [-0.15, -0.1) is 0 Å². The Bertz CT molecular complexity index is 613. The summed E-state index contributed by atoms with van der Waals surface area (Å²) in [4.78, 5) is 22.4. The molecule has 1 unspecified atom stereocenters. The Balaban J connectivity index is 1.63. The van der Waals surface area contributed by atoms with Crippen LogP contribution >= 0.6 is 0 Å². The fourth-order valence-corrected chi connectivity index (χ4v) is 2.52. The molecule has 2 aromatic heterocycles. The lowest BCUT2D eigenvalue weighted by Gasteiger charge is -2.22. The summed E-state index contributed by atoms with van der Waals surface area (Å²) in [6, 6.07) is 3.60. The predicted octanol–water partition coefficient (Wildman–Crippen LogP) is 1.55. The largest absolute Gasteiger partial charge is 0.375 e. The number of likely N-dealkylation sites (tertiary alicyclic amines) is 1. The van der Waals surface area contributed by atoms with Crippen molar-refractivity contribution < 1.29 is 9.32 Å². The Morgan fingerprint density at radius 2 is 2.48 bits per heavy atom. The molecule has 2 aromatic rings. The van der Waals surface area contributed by atoms with Crippen molar-refractivity contribution in [3.63, 3.8) is 0 Å². The number of aryl methyl sites for hydroxylation is 1. The summed E-state index contributed by atoms with van der Waals surface area (Å²) in [6.45, 7) is 2.73. The molecule has 0 bridgehead atoms. The van der Waals surface area contributed by atoms with Crippen molar-refractivity contribution in [1.82, 2.24) is 20.0 Å². The highest BCUT2D eigenvalue weighted by Crippen LogP contribution is 2.30. The molecule has 1 saturated heterocycles. The third-order valence-electron chi connectivity index (χ3n) is 3.51. The van der Waals surface area contributed by atoms with Crippen LogP contribution in [0.3, 0.4) is 0 Å². The first-order chi connectivity index (χ1) is 10.2. The molecule has 7 heteroatoms. The Hall–Kier alpha value is -2.44. The molecule has 1 fully saturated rings. The van der Waals surface area contributed by atoms with Gasteiger partial charge in [-0.3, -0.25) is 9.78 Å². The molecule has 7 nitrogen and oxygen atoms in total. The van der Waals surface area contributed by atoms with E-state index in [4.69, 9.17) is 4.52 Å².